The first-order valence-corrected chi connectivity index (χ1v) is 10.7. The molecule has 22 heavy (non-hydrogen) atoms. The molecule has 0 aliphatic heterocycles. The number of hydrogen-bond donors (Lipinski definition) is 0. The molecule has 2 aliphatic carbocycles. The molecule has 0 N–H and O–H groups in total. The Balaban J connectivity index is 1.68. The smallest absolute Gasteiger partial charge is 0.0360 e. The predicted octanol–water partition coefficient (Wildman–Crippen LogP) is 7.62. The minimum Gasteiger partial charge on any atom is -0.0654 e. The van der Waals surface area contributed by atoms with E-state index in [0.29, 0.717) is 0 Å². The zero-order valence-corrected chi connectivity index (χ0v) is 15.8. The second kappa shape index (κ2) is 9.99. The Morgan fingerprint density at radius 1 is 0.682 bits per heavy atom. The van der Waals surface area contributed by atoms with Gasteiger partial charge >= 0.3 is 0 Å². The van der Waals surface area contributed by atoms with Crippen LogP contribution in [0.3, 0.4) is 0 Å². The van der Waals surface area contributed by atoms with E-state index >= 15 is 0 Å². The van der Waals surface area contributed by atoms with Gasteiger partial charge in [-0.3, -0.25) is 0 Å². The molecule has 3 unspecified atom stereocenters. The van der Waals surface area contributed by atoms with E-state index in [9.17, 15) is 0 Å². The van der Waals surface area contributed by atoms with Crippen LogP contribution in [0.2, 0.25) is 0 Å². The topological polar surface area (TPSA) is 0 Å². The Bertz CT molecular complexity index is 274. The molecular weight excluding hydrogens is 264 g/mol. The molecule has 0 radical (unpaired) electrons. The molecule has 0 nitrogen and oxygen atoms in total. The number of rotatable bonds is 8. The van der Waals surface area contributed by atoms with E-state index in [0.717, 1.165) is 29.6 Å². The molecule has 0 aromatic heterocycles. The third-order valence-electron chi connectivity index (χ3n) is 7.02. The third-order valence-corrected chi connectivity index (χ3v) is 7.02. The van der Waals surface area contributed by atoms with Gasteiger partial charge in [-0.25, -0.2) is 0 Å². The van der Waals surface area contributed by atoms with Gasteiger partial charge in [0, 0.05) is 0 Å². The Morgan fingerprint density at radius 3 is 1.95 bits per heavy atom. The first-order valence-electron chi connectivity index (χ1n) is 10.7. The molecule has 3 atom stereocenters. The second-order valence-electron chi connectivity index (χ2n) is 8.74. The van der Waals surface area contributed by atoms with Crippen LogP contribution < -0.4 is 0 Å². The van der Waals surface area contributed by atoms with Crippen LogP contribution in [0.4, 0.5) is 0 Å². The molecular formula is C22H42. The maximum absolute atomic E-state index is 2.58. The van der Waals surface area contributed by atoms with Crippen molar-refractivity contribution < 1.29 is 0 Å². The lowest BCUT2D eigenvalue weighted by atomic mass is 9.64. The van der Waals surface area contributed by atoms with E-state index in [1.165, 1.54) is 44.9 Å². The normalized spacial score (nSPS) is 36.4. The van der Waals surface area contributed by atoms with E-state index in [2.05, 4.69) is 20.8 Å². The first kappa shape index (κ1) is 18.3. The van der Waals surface area contributed by atoms with Crippen molar-refractivity contribution in [3.8, 4) is 0 Å². The molecule has 0 amide bonds. The van der Waals surface area contributed by atoms with Gasteiger partial charge in [0.05, 0.1) is 0 Å². The fourth-order valence-electron chi connectivity index (χ4n) is 5.57. The molecule has 0 heterocycles. The summed E-state index contributed by atoms with van der Waals surface area (Å²) in [4.78, 5) is 0. The van der Waals surface area contributed by atoms with Crippen molar-refractivity contribution >= 4 is 0 Å². The summed E-state index contributed by atoms with van der Waals surface area (Å²) in [7, 11) is 0. The van der Waals surface area contributed by atoms with Crippen molar-refractivity contribution in [2.24, 2.45) is 29.6 Å². The van der Waals surface area contributed by atoms with Gasteiger partial charge < -0.3 is 0 Å². The van der Waals surface area contributed by atoms with E-state index in [-0.39, 0.29) is 0 Å². The Morgan fingerprint density at radius 2 is 1.32 bits per heavy atom. The summed E-state index contributed by atoms with van der Waals surface area (Å²) in [6.45, 7) is 7.25. The highest BCUT2D eigenvalue weighted by Crippen LogP contribution is 2.45. The van der Waals surface area contributed by atoms with Crippen LogP contribution in [0.15, 0.2) is 0 Å². The molecule has 0 heteroatoms. The third kappa shape index (κ3) is 5.57. The van der Waals surface area contributed by atoms with Gasteiger partial charge in [-0.2, -0.15) is 0 Å². The van der Waals surface area contributed by atoms with Crippen molar-refractivity contribution in [3.05, 3.63) is 0 Å². The monoisotopic (exact) mass is 306 g/mol. The standard InChI is InChI=1S/C22H42/c1-4-6-8-10-19-11-14-21(15-12-19)22-16-13-20(9-7-5-2)17-18(22)3/h18-22H,4-17H2,1-3H3. The average Bonchev–Trinajstić information content (AvgIpc) is 2.54. The fourth-order valence-corrected chi connectivity index (χ4v) is 5.57. The van der Waals surface area contributed by atoms with Crippen LogP contribution in [0, 0.1) is 29.6 Å². The lowest BCUT2D eigenvalue weighted by Gasteiger charge is -2.42. The van der Waals surface area contributed by atoms with Gasteiger partial charge in [-0.05, 0) is 55.3 Å². The van der Waals surface area contributed by atoms with Gasteiger partial charge in [0.15, 0.2) is 0 Å². The number of unbranched alkanes of at least 4 members (excludes halogenated alkanes) is 3. The molecule has 2 fully saturated rings. The minimum absolute atomic E-state index is 1.01. The van der Waals surface area contributed by atoms with Crippen LogP contribution in [0.25, 0.3) is 0 Å². The fraction of sp³-hybridized carbons (Fsp3) is 1.00. The highest BCUT2D eigenvalue weighted by Gasteiger charge is 2.34. The van der Waals surface area contributed by atoms with Crippen LogP contribution in [-0.2, 0) is 0 Å². The van der Waals surface area contributed by atoms with Gasteiger partial charge in [-0.15, -0.1) is 0 Å². The predicted molar refractivity (Wildman–Crippen MR) is 99.1 cm³/mol. The van der Waals surface area contributed by atoms with Crippen LogP contribution in [0.5, 0.6) is 0 Å². The van der Waals surface area contributed by atoms with Crippen LogP contribution >= 0.6 is 0 Å². The molecule has 0 spiro atoms. The van der Waals surface area contributed by atoms with Crippen LogP contribution in [0.1, 0.15) is 111 Å². The summed E-state index contributed by atoms with van der Waals surface area (Å²) in [5.41, 5.74) is 0. The summed E-state index contributed by atoms with van der Waals surface area (Å²) in [6, 6.07) is 0. The molecule has 2 aliphatic rings. The summed E-state index contributed by atoms with van der Waals surface area (Å²) >= 11 is 0. The Hall–Kier alpha value is 0. The summed E-state index contributed by atoms with van der Waals surface area (Å²) in [5, 5.41) is 0. The maximum atomic E-state index is 2.58. The van der Waals surface area contributed by atoms with Crippen molar-refractivity contribution in [3.63, 3.8) is 0 Å². The van der Waals surface area contributed by atoms with Gasteiger partial charge in [0.25, 0.3) is 0 Å². The largest absolute Gasteiger partial charge is 0.0654 e. The highest BCUT2D eigenvalue weighted by molar-refractivity contribution is 4.85. The summed E-state index contributed by atoms with van der Waals surface area (Å²) in [6.07, 6.45) is 21.1. The van der Waals surface area contributed by atoms with Gasteiger partial charge in [0.2, 0.25) is 0 Å². The minimum atomic E-state index is 1.01. The zero-order chi connectivity index (χ0) is 15.8. The molecule has 130 valence electrons. The Labute approximate surface area is 140 Å². The van der Waals surface area contributed by atoms with Gasteiger partial charge in [0.1, 0.15) is 0 Å². The van der Waals surface area contributed by atoms with Gasteiger partial charge in [-0.1, -0.05) is 85.0 Å². The zero-order valence-electron chi connectivity index (χ0n) is 15.8. The van der Waals surface area contributed by atoms with Crippen molar-refractivity contribution in [2.45, 2.75) is 111 Å². The van der Waals surface area contributed by atoms with E-state index < -0.39 is 0 Å². The molecule has 0 bridgehead atoms. The van der Waals surface area contributed by atoms with Crippen molar-refractivity contribution in [2.75, 3.05) is 0 Å². The maximum Gasteiger partial charge on any atom is -0.0360 e. The van der Waals surface area contributed by atoms with E-state index in [1.807, 2.05) is 0 Å². The first-order chi connectivity index (χ1) is 10.7. The SMILES string of the molecule is CCCCCC1CCC(C2CCC(CCCC)CC2C)CC1. The summed E-state index contributed by atoms with van der Waals surface area (Å²) < 4.78 is 0. The molecule has 0 saturated heterocycles. The average molecular weight is 307 g/mol. The quantitative estimate of drug-likeness (QED) is 0.405. The lowest BCUT2D eigenvalue weighted by molar-refractivity contribution is 0.0919. The molecule has 2 rings (SSSR count). The van der Waals surface area contributed by atoms with Crippen LogP contribution in [-0.4, -0.2) is 0 Å². The van der Waals surface area contributed by atoms with Crippen molar-refractivity contribution in [1.82, 2.24) is 0 Å². The van der Waals surface area contributed by atoms with E-state index in [4.69, 9.17) is 0 Å². The molecule has 2 saturated carbocycles. The highest BCUT2D eigenvalue weighted by atomic mass is 14.4. The molecule has 0 aromatic rings. The van der Waals surface area contributed by atoms with Crippen molar-refractivity contribution in [1.29, 1.82) is 0 Å². The van der Waals surface area contributed by atoms with E-state index in [1.54, 1.807) is 44.9 Å². The Kier molecular flexibility index (Phi) is 8.33. The summed E-state index contributed by atoms with van der Waals surface area (Å²) in [5.74, 6) is 5.33. The number of hydrogen-bond acceptors (Lipinski definition) is 0. The lowest BCUT2D eigenvalue weighted by Crippen LogP contribution is -2.31. The second-order valence-corrected chi connectivity index (χ2v) is 8.74. The molecule has 0 aromatic carbocycles.